The summed E-state index contributed by atoms with van der Waals surface area (Å²) in [6.07, 6.45) is 4.73. The van der Waals surface area contributed by atoms with Crippen molar-refractivity contribution in [2.24, 2.45) is 5.73 Å². The lowest BCUT2D eigenvalue weighted by atomic mass is 10.2. The van der Waals surface area contributed by atoms with E-state index in [1.165, 1.54) is 0 Å². The molecule has 6 heteroatoms. The number of hydrogen-bond donors (Lipinski definition) is 2. The normalized spacial score (nSPS) is 19.8. The summed E-state index contributed by atoms with van der Waals surface area (Å²) in [5.41, 5.74) is 5.44. The first-order chi connectivity index (χ1) is 7.45. The lowest BCUT2D eigenvalue weighted by Crippen LogP contribution is -2.41. The van der Waals surface area contributed by atoms with Crippen LogP contribution in [0.1, 0.15) is 45.4 Å². The highest BCUT2D eigenvalue weighted by atomic mass is 32.2. The zero-order chi connectivity index (χ0) is 12.2. The van der Waals surface area contributed by atoms with Crippen molar-refractivity contribution in [3.05, 3.63) is 0 Å². The van der Waals surface area contributed by atoms with E-state index < -0.39 is 10.0 Å². The van der Waals surface area contributed by atoms with E-state index >= 15 is 0 Å². The van der Waals surface area contributed by atoms with Crippen molar-refractivity contribution in [2.75, 3.05) is 0 Å². The molecule has 16 heavy (non-hydrogen) atoms. The van der Waals surface area contributed by atoms with Crippen LogP contribution in [0, 0.1) is 0 Å². The maximum Gasteiger partial charge on any atom is 0.214 e. The molecule has 0 radical (unpaired) electrons. The summed E-state index contributed by atoms with van der Waals surface area (Å²) in [6.45, 7) is 1.93. The molecule has 3 N–H and O–H groups in total. The Kier molecular flexibility index (Phi) is 5.14. The lowest BCUT2D eigenvalue weighted by molar-refractivity contribution is 0.533. The molecule has 1 fully saturated rings. The van der Waals surface area contributed by atoms with Gasteiger partial charge in [-0.3, -0.25) is 0 Å². The van der Waals surface area contributed by atoms with Gasteiger partial charge in [0.15, 0.2) is 0 Å². The van der Waals surface area contributed by atoms with Crippen LogP contribution >= 0.6 is 12.2 Å². The van der Waals surface area contributed by atoms with Crippen LogP contribution in [-0.4, -0.2) is 24.7 Å². The Morgan fingerprint density at radius 1 is 1.50 bits per heavy atom. The van der Waals surface area contributed by atoms with Gasteiger partial charge in [-0.25, -0.2) is 13.1 Å². The first kappa shape index (κ1) is 13.9. The molecule has 0 spiro atoms. The Morgan fingerprint density at radius 2 is 2.06 bits per heavy atom. The fraction of sp³-hybridized carbons (Fsp3) is 0.900. The van der Waals surface area contributed by atoms with Crippen LogP contribution in [0.15, 0.2) is 0 Å². The first-order valence-corrected chi connectivity index (χ1v) is 7.70. The maximum atomic E-state index is 12.0. The molecule has 0 heterocycles. The molecule has 0 amide bonds. The number of hydrogen-bond acceptors (Lipinski definition) is 3. The van der Waals surface area contributed by atoms with Gasteiger partial charge < -0.3 is 5.73 Å². The minimum Gasteiger partial charge on any atom is -0.393 e. The van der Waals surface area contributed by atoms with Gasteiger partial charge in [0.1, 0.15) is 0 Å². The van der Waals surface area contributed by atoms with Gasteiger partial charge in [-0.05, 0) is 19.3 Å². The van der Waals surface area contributed by atoms with Crippen molar-refractivity contribution in [1.29, 1.82) is 0 Å². The highest BCUT2D eigenvalue weighted by molar-refractivity contribution is 7.90. The molecule has 1 aliphatic carbocycles. The van der Waals surface area contributed by atoms with Gasteiger partial charge in [0, 0.05) is 12.5 Å². The predicted molar refractivity (Wildman–Crippen MR) is 69.8 cm³/mol. The van der Waals surface area contributed by atoms with Crippen LogP contribution in [0.3, 0.4) is 0 Å². The monoisotopic (exact) mass is 264 g/mol. The average molecular weight is 264 g/mol. The highest BCUT2D eigenvalue weighted by Crippen LogP contribution is 2.24. The third kappa shape index (κ3) is 3.99. The molecule has 0 aliphatic heterocycles. The van der Waals surface area contributed by atoms with Crippen molar-refractivity contribution in [1.82, 2.24) is 4.72 Å². The van der Waals surface area contributed by atoms with E-state index in [1.807, 2.05) is 6.92 Å². The Labute approximate surface area is 103 Å². The summed E-state index contributed by atoms with van der Waals surface area (Å²) in [5, 5.41) is -0.215. The molecule has 1 saturated carbocycles. The van der Waals surface area contributed by atoms with Gasteiger partial charge in [-0.15, -0.1) is 0 Å². The molecule has 0 aromatic rings. The van der Waals surface area contributed by atoms with E-state index in [9.17, 15) is 8.42 Å². The zero-order valence-electron chi connectivity index (χ0n) is 9.61. The Hall–Kier alpha value is -0.200. The Bertz CT molecular complexity index is 335. The average Bonchev–Trinajstić information content (AvgIpc) is 2.68. The molecule has 94 valence electrons. The van der Waals surface area contributed by atoms with Crippen molar-refractivity contribution in [2.45, 2.75) is 56.7 Å². The van der Waals surface area contributed by atoms with Crippen LogP contribution in [0.2, 0.25) is 0 Å². The summed E-state index contributed by atoms with van der Waals surface area (Å²) < 4.78 is 26.7. The van der Waals surface area contributed by atoms with Crippen LogP contribution < -0.4 is 10.5 Å². The quantitative estimate of drug-likeness (QED) is 0.709. The molecule has 1 atom stereocenters. The van der Waals surface area contributed by atoms with Crippen LogP contribution in [0.25, 0.3) is 0 Å². The minimum atomic E-state index is -3.18. The van der Waals surface area contributed by atoms with Gasteiger partial charge >= 0.3 is 0 Å². The molecule has 0 bridgehead atoms. The van der Waals surface area contributed by atoms with Gasteiger partial charge in [0.05, 0.1) is 10.2 Å². The first-order valence-electron chi connectivity index (χ1n) is 5.75. The second kappa shape index (κ2) is 5.93. The van der Waals surface area contributed by atoms with E-state index in [0.29, 0.717) is 17.8 Å². The fourth-order valence-electron chi connectivity index (χ4n) is 2.04. The van der Waals surface area contributed by atoms with Crippen molar-refractivity contribution < 1.29 is 8.42 Å². The number of nitrogens with one attached hydrogen (secondary N) is 1. The topological polar surface area (TPSA) is 72.2 Å². The van der Waals surface area contributed by atoms with E-state index in [1.54, 1.807) is 0 Å². The van der Waals surface area contributed by atoms with Crippen molar-refractivity contribution >= 4 is 27.2 Å². The second-order valence-electron chi connectivity index (χ2n) is 4.34. The highest BCUT2D eigenvalue weighted by Gasteiger charge is 2.30. The molecule has 0 aromatic carbocycles. The zero-order valence-corrected chi connectivity index (χ0v) is 11.2. The molecule has 0 saturated heterocycles. The van der Waals surface area contributed by atoms with E-state index in [0.717, 1.165) is 25.7 Å². The molecule has 1 unspecified atom stereocenters. The summed E-state index contributed by atoms with van der Waals surface area (Å²) in [6, 6.07) is -0.150. The van der Waals surface area contributed by atoms with Gasteiger partial charge in [-0.2, -0.15) is 0 Å². The predicted octanol–water partition coefficient (Wildman–Crippen LogP) is 1.30. The Morgan fingerprint density at radius 3 is 2.50 bits per heavy atom. The number of rotatable bonds is 6. The minimum absolute atomic E-state index is 0.150. The SMILES string of the molecule is CCC(CC(N)=S)NS(=O)(=O)C1CCCC1. The summed E-state index contributed by atoms with van der Waals surface area (Å²) >= 11 is 4.80. The standard InChI is InChI=1S/C10H20N2O2S2/c1-2-8(7-10(11)15)12-16(13,14)9-5-3-4-6-9/h8-9,12H,2-7H2,1H3,(H2,11,15). The van der Waals surface area contributed by atoms with Gasteiger partial charge in [0.25, 0.3) is 0 Å². The maximum absolute atomic E-state index is 12.0. The van der Waals surface area contributed by atoms with Crippen LogP contribution in [0.4, 0.5) is 0 Å². The van der Waals surface area contributed by atoms with Crippen molar-refractivity contribution in [3.63, 3.8) is 0 Å². The van der Waals surface area contributed by atoms with E-state index in [2.05, 4.69) is 4.72 Å². The molecule has 1 rings (SSSR count). The third-order valence-electron chi connectivity index (χ3n) is 3.01. The molecular formula is C10H20N2O2S2. The van der Waals surface area contributed by atoms with Gasteiger partial charge in [0.2, 0.25) is 10.0 Å². The molecular weight excluding hydrogens is 244 g/mol. The van der Waals surface area contributed by atoms with Crippen LogP contribution in [-0.2, 0) is 10.0 Å². The number of sulfonamides is 1. The molecule has 0 aromatic heterocycles. The fourth-order valence-corrected chi connectivity index (χ4v) is 4.10. The second-order valence-corrected chi connectivity index (χ2v) is 6.86. The number of thiocarbonyl (C=S) groups is 1. The van der Waals surface area contributed by atoms with Crippen LogP contribution in [0.5, 0.6) is 0 Å². The third-order valence-corrected chi connectivity index (χ3v) is 5.19. The summed E-state index contributed by atoms with van der Waals surface area (Å²) in [5.74, 6) is 0. The molecule has 1 aliphatic rings. The van der Waals surface area contributed by atoms with Crippen molar-refractivity contribution in [3.8, 4) is 0 Å². The number of nitrogens with two attached hydrogens (primary N) is 1. The van der Waals surface area contributed by atoms with E-state index in [-0.39, 0.29) is 11.3 Å². The largest absolute Gasteiger partial charge is 0.393 e. The molecule has 4 nitrogen and oxygen atoms in total. The lowest BCUT2D eigenvalue weighted by Gasteiger charge is -2.19. The smallest absolute Gasteiger partial charge is 0.214 e. The van der Waals surface area contributed by atoms with E-state index in [4.69, 9.17) is 18.0 Å². The van der Waals surface area contributed by atoms with Gasteiger partial charge in [-0.1, -0.05) is 32.0 Å². The Balaban J connectivity index is 2.58. The summed E-state index contributed by atoms with van der Waals surface area (Å²) in [4.78, 5) is 0.362. The summed E-state index contributed by atoms with van der Waals surface area (Å²) in [7, 11) is -3.18.